The summed E-state index contributed by atoms with van der Waals surface area (Å²) in [7, 11) is 0. The van der Waals surface area contributed by atoms with Crippen molar-refractivity contribution in [1.82, 2.24) is 14.9 Å². The normalized spacial score (nSPS) is 13.8. The van der Waals surface area contributed by atoms with E-state index in [0.29, 0.717) is 43.1 Å². The Morgan fingerprint density at radius 1 is 1.00 bits per heavy atom. The molecule has 32 heavy (non-hydrogen) atoms. The van der Waals surface area contributed by atoms with E-state index in [4.69, 9.17) is 9.72 Å². The van der Waals surface area contributed by atoms with E-state index in [2.05, 4.69) is 10.3 Å². The molecule has 0 saturated carbocycles. The van der Waals surface area contributed by atoms with Gasteiger partial charge in [0.2, 0.25) is 0 Å². The van der Waals surface area contributed by atoms with Gasteiger partial charge in [-0.15, -0.1) is 0 Å². The van der Waals surface area contributed by atoms with Crippen molar-refractivity contribution >= 4 is 28.2 Å². The first-order valence-corrected chi connectivity index (χ1v) is 10.5. The Kier molecular flexibility index (Phi) is 5.39. The van der Waals surface area contributed by atoms with E-state index in [1.807, 2.05) is 54.6 Å². The van der Waals surface area contributed by atoms with Crippen LogP contribution in [0.2, 0.25) is 0 Å². The van der Waals surface area contributed by atoms with Gasteiger partial charge in [0.1, 0.15) is 5.82 Å². The predicted octanol–water partition coefficient (Wildman–Crippen LogP) is 3.81. The number of pyridine rings is 2. The van der Waals surface area contributed by atoms with E-state index in [1.165, 1.54) is 0 Å². The fraction of sp³-hybridized carbons (Fsp3) is 0.160. The Hall–Kier alpha value is -3.97. The van der Waals surface area contributed by atoms with Gasteiger partial charge in [-0.3, -0.25) is 9.59 Å². The highest BCUT2D eigenvalue weighted by Crippen LogP contribution is 2.28. The maximum absolute atomic E-state index is 12.7. The molecular weight excluding hydrogens is 404 g/mol. The van der Waals surface area contributed by atoms with Crippen LogP contribution in [0.1, 0.15) is 10.4 Å². The topological polar surface area (TPSA) is 87.3 Å². The maximum atomic E-state index is 12.7. The van der Waals surface area contributed by atoms with E-state index >= 15 is 0 Å². The van der Waals surface area contributed by atoms with E-state index in [1.54, 1.807) is 23.2 Å². The number of ether oxygens (including phenoxy) is 1. The molecule has 1 saturated heterocycles. The van der Waals surface area contributed by atoms with Gasteiger partial charge in [0.15, 0.2) is 0 Å². The van der Waals surface area contributed by atoms with Crippen LogP contribution in [0.4, 0.5) is 11.5 Å². The zero-order valence-corrected chi connectivity index (χ0v) is 17.4. The fourth-order valence-electron chi connectivity index (χ4n) is 3.84. The largest absolute Gasteiger partial charge is 0.378 e. The molecule has 0 atom stereocenters. The van der Waals surface area contributed by atoms with Gasteiger partial charge in [0.05, 0.1) is 24.3 Å². The van der Waals surface area contributed by atoms with Gasteiger partial charge in [-0.05, 0) is 41.8 Å². The van der Waals surface area contributed by atoms with Crippen LogP contribution in [-0.2, 0) is 4.74 Å². The van der Waals surface area contributed by atoms with Crippen molar-refractivity contribution in [3.63, 3.8) is 0 Å². The van der Waals surface area contributed by atoms with Crippen LogP contribution in [0.3, 0.4) is 0 Å². The number of benzene rings is 2. The van der Waals surface area contributed by atoms with Crippen molar-refractivity contribution < 1.29 is 9.53 Å². The van der Waals surface area contributed by atoms with Crippen LogP contribution in [0.25, 0.3) is 22.0 Å². The first-order valence-electron chi connectivity index (χ1n) is 10.5. The molecule has 0 unspecified atom stereocenters. The number of aromatic amines is 1. The number of carbonyl (C=O) groups is 1. The minimum Gasteiger partial charge on any atom is -0.378 e. The Bertz CT molecular complexity index is 1310. The zero-order valence-electron chi connectivity index (χ0n) is 17.4. The summed E-state index contributed by atoms with van der Waals surface area (Å²) in [6.45, 7) is 2.33. The molecule has 5 rings (SSSR count). The summed E-state index contributed by atoms with van der Waals surface area (Å²) in [6, 6.07) is 20.8. The van der Waals surface area contributed by atoms with Gasteiger partial charge in [0, 0.05) is 36.1 Å². The lowest BCUT2D eigenvalue weighted by molar-refractivity contribution is 0.0303. The fourth-order valence-corrected chi connectivity index (χ4v) is 3.84. The molecule has 7 nitrogen and oxygen atoms in total. The average Bonchev–Trinajstić information content (AvgIpc) is 2.85. The zero-order chi connectivity index (χ0) is 21.9. The molecule has 2 aromatic heterocycles. The number of hydrogen-bond donors (Lipinski definition) is 2. The summed E-state index contributed by atoms with van der Waals surface area (Å²) in [4.78, 5) is 34.5. The first-order chi connectivity index (χ1) is 15.7. The molecule has 0 radical (unpaired) electrons. The molecular formula is C25H22N4O3. The number of carbonyl (C=O) groups excluding carboxylic acids is 1. The summed E-state index contributed by atoms with van der Waals surface area (Å²) in [5, 5.41) is 4.55. The summed E-state index contributed by atoms with van der Waals surface area (Å²) in [5.41, 5.74) is 2.88. The smallest absolute Gasteiger partial charge is 0.259 e. The molecule has 0 aliphatic carbocycles. The van der Waals surface area contributed by atoms with Crippen LogP contribution < -0.4 is 10.9 Å². The standard InChI is InChI=1S/C25H22N4O3/c30-24-22-19(10-11-26-24)16-21(17-4-2-1-3-5-17)28-23(22)27-20-8-6-18(7-9-20)25(31)29-12-14-32-15-13-29/h1-11,16H,12-15H2,(H,26,30)(H,27,28). The highest BCUT2D eigenvalue weighted by molar-refractivity contribution is 5.96. The quantitative estimate of drug-likeness (QED) is 0.518. The molecule has 2 N–H and O–H groups in total. The third-order valence-corrected chi connectivity index (χ3v) is 5.52. The third kappa shape index (κ3) is 3.98. The van der Waals surface area contributed by atoms with Crippen molar-refractivity contribution in [3.8, 4) is 11.3 Å². The molecule has 1 amide bonds. The molecule has 0 spiro atoms. The van der Waals surface area contributed by atoms with Gasteiger partial charge in [0.25, 0.3) is 11.5 Å². The number of anilines is 2. The minimum absolute atomic E-state index is 0.00838. The van der Waals surface area contributed by atoms with Crippen molar-refractivity contribution in [2.45, 2.75) is 0 Å². The summed E-state index contributed by atoms with van der Waals surface area (Å²) >= 11 is 0. The van der Waals surface area contributed by atoms with Gasteiger partial charge in [-0.2, -0.15) is 0 Å². The predicted molar refractivity (Wildman–Crippen MR) is 124 cm³/mol. The number of H-pyrrole nitrogens is 1. The number of nitrogens with one attached hydrogen (secondary N) is 2. The molecule has 0 bridgehead atoms. The lowest BCUT2D eigenvalue weighted by Gasteiger charge is -2.26. The lowest BCUT2D eigenvalue weighted by atomic mass is 10.1. The van der Waals surface area contributed by atoms with Crippen LogP contribution in [0.15, 0.2) is 77.7 Å². The second-order valence-corrected chi connectivity index (χ2v) is 7.60. The van der Waals surface area contributed by atoms with Gasteiger partial charge < -0.3 is 19.9 Å². The molecule has 1 fully saturated rings. The second kappa shape index (κ2) is 8.64. The average molecular weight is 426 g/mol. The number of morpholine rings is 1. The van der Waals surface area contributed by atoms with E-state index in [-0.39, 0.29) is 11.5 Å². The molecule has 4 aromatic rings. The minimum atomic E-state index is -0.212. The van der Waals surface area contributed by atoms with Crippen molar-refractivity contribution in [1.29, 1.82) is 0 Å². The van der Waals surface area contributed by atoms with Crippen LogP contribution in [-0.4, -0.2) is 47.1 Å². The lowest BCUT2D eigenvalue weighted by Crippen LogP contribution is -2.40. The molecule has 160 valence electrons. The molecule has 1 aliphatic heterocycles. The van der Waals surface area contributed by atoms with Crippen LogP contribution in [0.5, 0.6) is 0 Å². The third-order valence-electron chi connectivity index (χ3n) is 5.52. The highest BCUT2D eigenvalue weighted by Gasteiger charge is 2.18. The Labute approximate surface area is 184 Å². The first kappa shape index (κ1) is 20.0. The second-order valence-electron chi connectivity index (χ2n) is 7.60. The molecule has 3 heterocycles. The van der Waals surface area contributed by atoms with Crippen LogP contribution in [0, 0.1) is 0 Å². The maximum Gasteiger partial charge on any atom is 0.259 e. The van der Waals surface area contributed by atoms with E-state index in [0.717, 1.165) is 22.3 Å². The molecule has 7 heteroatoms. The number of fused-ring (bicyclic) bond motifs is 1. The SMILES string of the molecule is O=C(c1ccc(Nc2nc(-c3ccccc3)cc3cc[nH]c(=O)c23)cc1)N1CCOCC1. The van der Waals surface area contributed by atoms with E-state index < -0.39 is 0 Å². The monoisotopic (exact) mass is 426 g/mol. The summed E-state index contributed by atoms with van der Waals surface area (Å²) < 4.78 is 5.32. The van der Waals surface area contributed by atoms with Gasteiger partial charge in [-0.25, -0.2) is 4.98 Å². The molecule has 1 aliphatic rings. The Balaban J connectivity index is 1.48. The van der Waals surface area contributed by atoms with Crippen molar-refractivity contribution in [2.75, 3.05) is 31.6 Å². The highest BCUT2D eigenvalue weighted by atomic mass is 16.5. The number of aromatic nitrogens is 2. The van der Waals surface area contributed by atoms with Crippen LogP contribution >= 0.6 is 0 Å². The van der Waals surface area contributed by atoms with Crippen molar-refractivity contribution in [2.24, 2.45) is 0 Å². The summed E-state index contributed by atoms with van der Waals surface area (Å²) in [6.07, 6.45) is 1.63. The van der Waals surface area contributed by atoms with Gasteiger partial charge in [-0.1, -0.05) is 30.3 Å². The number of hydrogen-bond acceptors (Lipinski definition) is 5. The summed E-state index contributed by atoms with van der Waals surface area (Å²) in [5.74, 6) is 0.460. The van der Waals surface area contributed by atoms with Gasteiger partial charge >= 0.3 is 0 Å². The number of nitrogens with zero attached hydrogens (tertiary/aromatic N) is 2. The number of rotatable bonds is 4. The number of amides is 1. The molecule has 2 aromatic carbocycles. The Morgan fingerprint density at radius 2 is 1.75 bits per heavy atom. The Morgan fingerprint density at radius 3 is 2.50 bits per heavy atom. The van der Waals surface area contributed by atoms with E-state index in [9.17, 15) is 9.59 Å². The van der Waals surface area contributed by atoms with Crippen molar-refractivity contribution in [3.05, 3.63) is 88.8 Å².